The topological polar surface area (TPSA) is 672 Å². The van der Waals surface area contributed by atoms with Crippen LogP contribution >= 0.6 is 7.82 Å². The van der Waals surface area contributed by atoms with Gasteiger partial charge in [-0.3, -0.25) is 37.8 Å². The number of hydrogen-bond donors (Lipinski definition) is 19. The van der Waals surface area contributed by atoms with Crippen LogP contribution in [0.5, 0.6) is 5.75 Å². The number of aliphatic carboxylic acids is 2. The number of benzene rings is 1. The van der Waals surface area contributed by atoms with E-state index >= 15 is 0 Å². The number of alkyl carbamates (subject to hydrolysis) is 1. The molecule has 6 amide bonds. The number of carbonyl (C=O) groups is 9. The van der Waals surface area contributed by atoms with Crippen LogP contribution in [0.4, 0.5) is 9.59 Å². The van der Waals surface area contributed by atoms with Gasteiger partial charge in [-0.1, -0.05) is 97.4 Å². The van der Waals surface area contributed by atoms with E-state index in [-0.39, 0.29) is 31.6 Å². The van der Waals surface area contributed by atoms with Crippen LogP contribution in [0.15, 0.2) is 89.6 Å². The average molecular weight is 1880 g/mol. The van der Waals surface area contributed by atoms with Gasteiger partial charge in [0.05, 0.1) is 51.5 Å². The van der Waals surface area contributed by atoms with Crippen molar-refractivity contribution in [3.05, 3.63) is 95.2 Å². The van der Waals surface area contributed by atoms with Crippen molar-refractivity contribution in [2.75, 3.05) is 39.6 Å². The number of amides is 6. The zero-order valence-electron chi connectivity index (χ0n) is 75.0. The van der Waals surface area contributed by atoms with Crippen LogP contribution in [0.2, 0.25) is 0 Å². The van der Waals surface area contributed by atoms with Gasteiger partial charge in [-0.25, -0.2) is 18.9 Å². The number of nitrogens with two attached hydrogens (primary N) is 2. The molecule has 5 aliphatic rings. The Balaban J connectivity index is 1.24. The second-order valence-corrected chi connectivity index (χ2v) is 35.9. The van der Waals surface area contributed by atoms with E-state index in [1.807, 2.05) is 6.08 Å². The lowest BCUT2D eigenvalue weighted by atomic mass is 9.85. The van der Waals surface area contributed by atoms with Crippen LogP contribution < -0.4 is 37.5 Å². The lowest BCUT2D eigenvalue weighted by molar-refractivity contribution is -0.375. The smallest absolute Gasteiger partial charge is 0.474 e. The monoisotopic (exact) mass is 1870 g/mol. The molecule has 44 nitrogen and oxygen atoms in total. The maximum absolute atomic E-state index is 14.2. The van der Waals surface area contributed by atoms with Gasteiger partial charge >= 0.3 is 31.9 Å². The van der Waals surface area contributed by atoms with Crippen LogP contribution in [-0.4, -0.2) is 330 Å². The average Bonchev–Trinajstić information content (AvgIpc) is 0.744. The van der Waals surface area contributed by atoms with Crippen LogP contribution in [0.25, 0.3) is 6.08 Å². The summed E-state index contributed by atoms with van der Waals surface area (Å²) in [6.45, 7) is 21.9. The van der Waals surface area contributed by atoms with Crippen LogP contribution in [0, 0.1) is 5.41 Å². The molecule has 1 aromatic carbocycles. The van der Waals surface area contributed by atoms with E-state index < -0.39 is 265 Å². The van der Waals surface area contributed by atoms with E-state index in [1.165, 1.54) is 24.1 Å². The fourth-order valence-corrected chi connectivity index (χ4v) is 15.1. The number of Topliss-reactive ketones (excluding diaryl/α,β-unsaturated/α-hetero) is 1. The van der Waals surface area contributed by atoms with Crippen molar-refractivity contribution in [2.45, 2.75) is 325 Å². The Labute approximate surface area is 752 Å². The van der Waals surface area contributed by atoms with Gasteiger partial charge in [0.25, 0.3) is 5.91 Å². The summed E-state index contributed by atoms with van der Waals surface area (Å²) in [5.74, 6) is -8.35. The maximum Gasteiger partial charge on any atom is 0.474 e. The number of phosphoric acid groups is 1. The molecule has 0 saturated carbocycles. The van der Waals surface area contributed by atoms with Gasteiger partial charge in [0.2, 0.25) is 17.7 Å². The first-order valence-electron chi connectivity index (χ1n) is 42.4. The van der Waals surface area contributed by atoms with E-state index in [9.17, 15) is 114 Å². The third kappa shape index (κ3) is 34.4. The van der Waals surface area contributed by atoms with Gasteiger partial charge in [0.15, 0.2) is 67.8 Å². The normalized spacial score (nSPS) is 31.4. The number of aliphatic hydroxyl groups excluding tert-OH is 9. The number of carbonyl (C=O) groups excluding carboxylic acids is 7. The van der Waals surface area contributed by atoms with E-state index in [0.717, 1.165) is 64.0 Å². The zero-order chi connectivity index (χ0) is 97.2. The van der Waals surface area contributed by atoms with Crippen molar-refractivity contribution in [3.63, 3.8) is 0 Å². The summed E-state index contributed by atoms with van der Waals surface area (Å²) in [7, 11) is -5.89. The van der Waals surface area contributed by atoms with E-state index in [1.54, 1.807) is 64.1 Å². The van der Waals surface area contributed by atoms with Gasteiger partial charge in [0.1, 0.15) is 109 Å². The number of ether oxygens (including phenoxy) is 13. The molecule has 0 aliphatic carbocycles. The van der Waals surface area contributed by atoms with Crippen molar-refractivity contribution in [3.8, 4) is 5.75 Å². The predicted molar refractivity (Wildman–Crippen MR) is 453 cm³/mol. The minimum Gasteiger partial charge on any atom is -0.492 e. The number of nitrogens with one attached hydrogen (secondary N) is 4. The van der Waals surface area contributed by atoms with Gasteiger partial charge in [-0.05, 0) is 137 Å². The lowest BCUT2D eigenvalue weighted by Crippen LogP contribution is -2.72. The Hall–Kier alpha value is -8.20. The Bertz CT molecular complexity index is 4130. The Kier molecular flexibility index (Phi) is 43.2. The minimum atomic E-state index is -5.89. The van der Waals surface area contributed by atoms with Gasteiger partial charge in [0, 0.05) is 20.3 Å². The van der Waals surface area contributed by atoms with Crippen molar-refractivity contribution in [1.29, 1.82) is 0 Å². The zero-order valence-corrected chi connectivity index (χ0v) is 75.9. The highest BCUT2D eigenvalue weighted by Crippen LogP contribution is 2.49. The van der Waals surface area contributed by atoms with Crippen LogP contribution in [0.3, 0.4) is 0 Å². The quantitative estimate of drug-likeness (QED) is 0.0242. The number of primary amides is 2. The summed E-state index contributed by atoms with van der Waals surface area (Å²) >= 11 is 0. The Morgan fingerprint density at radius 3 is 1.86 bits per heavy atom. The second kappa shape index (κ2) is 50.8. The van der Waals surface area contributed by atoms with Gasteiger partial charge < -0.3 is 160 Å². The second-order valence-electron chi connectivity index (χ2n) is 34.5. The number of carboxylic acids is 2. The molecule has 6 rings (SSSR count). The highest BCUT2D eigenvalue weighted by atomic mass is 31.2. The highest BCUT2D eigenvalue weighted by Gasteiger charge is 2.63. The molecule has 0 spiro atoms. The van der Waals surface area contributed by atoms with Crippen molar-refractivity contribution in [1.82, 2.24) is 21.3 Å². The molecule has 5 saturated heterocycles. The molecule has 734 valence electrons. The first kappa shape index (κ1) is 111. The number of hydrogen-bond acceptors (Lipinski definition) is 35. The maximum atomic E-state index is 14.2. The molecule has 28 atom stereocenters. The van der Waals surface area contributed by atoms with Gasteiger partial charge in [-0.2, -0.15) is 0 Å². The standard InChI is InChI=1S/C85H131N6O38P/c1-42(2)19-17-21-43(3)24-25-45(5)32-35-84(12,13)34-16-15-20-44(4)33-37-116-55(75(108)109)41-118-130(113,114)129-80-70(71(127-81(87)110)85(14,112)72(126-80)73(86)106)125-77-58(90-48(8)94)61(100)68(54(121-77)40-117-78-65(104)62(101)59(98)53(39-92)120-78)123-76-57(89-47(7)93)60(99)67(46(6)119-76)122-79-66(105)63(102)64(103)69(124-79)74(107)91-51(52(95)30-31-56(96)97)23-18-22-49-26-28-50(29-27-49)115-38-36-88-82(111)128-83(9,10)11/h16,18-19,22,24,26-29,33-34,46,51,53-55,57-72,76-80,92,98-105,112H,5,15,17,20-21,23,25,30-32,35-41H2,1-4,6-14H3,(H2,86,106)(H2,87,110)(H,88,111)(H,89,93)(H,90,94)(H,91,107)(H,96,97)(H,108,109)(H,113,114)/b22-18+,34-16+,43-24+,44-33-/t46-,51?,53-,54-,55-,57-,58-,59-,60-,61-,62+,63+,64-,65-,66-,67-,68-,69+,70-,71-,72-,76+,77+,78-,79-,80-,85+/m1/s1. The summed E-state index contributed by atoms with van der Waals surface area (Å²) in [6.07, 6.45) is -35.6. The molecule has 1 aromatic rings. The Morgan fingerprint density at radius 2 is 1.26 bits per heavy atom. The Morgan fingerprint density at radius 1 is 0.669 bits per heavy atom. The number of allylic oxidation sites excluding steroid dienone is 8. The van der Waals surface area contributed by atoms with Gasteiger partial charge in [-0.15, -0.1) is 0 Å². The van der Waals surface area contributed by atoms with Crippen molar-refractivity contribution in [2.24, 2.45) is 16.9 Å². The van der Waals surface area contributed by atoms with Crippen LogP contribution in [0.1, 0.15) is 160 Å². The number of aliphatic hydroxyl groups is 10. The molecular formula is C85H131N6O38P. The summed E-state index contributed by atoms with van der Waals surface area (Å²) in [6, 6.07) is 0.840. The lowest BCUT2D eigenvalue weighted by Gasteiger charge is -2.52. The van der Waals surface area contributed by atoms with Crippen LogP contribution in [-0.2, 0) is 104 Å². The summed E-state index contributed by atoms with van der Waals surface area (Å²) in [5, 5.41) is 143. The number of phosphoric ester groups is 1. The molecule has 2 unspecified atom stereocenters. The third-order valence-electron chi connectivity index (χ3n) is 21.4. The molecule has 0 bridgehead atoms. The van der Waals surface area contributed by atoms with Crippen molar-refractivity contribution >= 4 is 67.4 Å². The molecule has 21 N–H and O–H groups in total. The number of carboxylic acid groups (broad SMARTS) is 2. The summed E-state index contributed by atoms with van der Waals surface area (Å²) in [4.78, 5) is 128. The van der Waals surface area contributed by atoms with E-state index in [0.29, 0.717) is 24.2 Å². The third-order valence-corrected chi connectivity index (χ3v) is 22.3. The highest BCUT2D eigenvalue weighted by molar-refractivity contribution is 7.47. The largest absolute Gasteiger partial charge is 0.492 e. The molecule has 0 radical (unpaired) electrons. The fourth-order valence-electron chi connectivity index (χ4n) is 14.2. The molecule has 5 heterocycles. The number of rotatable bonds is 48. The molecule has 5 fully saturated rings. The molecule has 45 heteroatoms. The SMILES string of the molecule is C=C(C/C=C(\C)CCC=C(C)C)CCC(C)(C)/C=C/CC/C(C)=C\CO[C@H](COP(=O)(O)O[C@H]1O[C@H](C(N)=O)[C@@](C)(O)[C@H](OC(N)=O)[C@H]1O[C@@H]1O[C@H](CO[C@@H]2O[C@H](CO)[C@@H](O)[C@H](O)[C@H]2O)[C@@H](O[C@@H]2O[C@H](C)[C@@H](O[C@@H]3O[C@H](C(=O)NC(C/C=C/c4ccc(OCCNC(=O)OC(C)(C)C)cc4)C(=O)CCC(=O)O)[C@H](O)[C@H](O)[C@H]3O)[C@H](O)[C@H]2NC(C)=O)[C@H](O)[C@H]1NC(C)=O)C(=O)O. The first-order chi connectivity index (χ1) is 60.7. The molecule has 0 aromatic heterocycles. The summed E-state index contributed by atoms with van der Waals surface area (Å²) in [5.41, 5.74) is 12.4. The molecule has 130 heavy (non-hydrogen) atoms. The van der Waals surface area contributed by atoms with Crippen molar-refractivity contribution < 1.29 is 185 Å². The predicted octanol–water partition coefficient (Wildman–Crippen LogP) is 0.649. The first-order valence-corrected chi connectivity index (χ1v) is 43.9. The molecular weight excluding hydrogens is 1740 g/mol. The van der Waals surface area contributed by atoms with E-state index in [2.05, 4.69) is 80.7 Å². The fraction of sp³-hybridized carbons (Fsp3) is 0.682. The summed E-state index contributed by atoms with van der Waals surface area (Å²) < 4.78 is 101. The molecule has 5 aliphatic heterocycles. The van der Waals surface area contributed by atoms with E-state index in [4.69, 9.17) is 82.1 Å². The number of ketones is 1. The minimum absolute atomic E-state index is 0.0799.